The van der Waals surface area contributed by atoms with Crippen molar-refractivity contribution < 1.29 is 28.5 Å². The first-order chi connectivity index (χ1) is 20.7. The van der Waals surface area contributed by atoms with Crippen LogP contribution in [0.1, 0.15) is 37.9 Å². The summed E-state index contributed by atoms with van der Waals surface area (Å²) in [5.41, 5.74) is 1.86. The standard InChI is InChI=1S/C31H32ClN3O7S/c1-18(2)42-30(38)27-19(3)33-31-35(28(27)21-6-8-22(32)9-7-21)29(37)25(43-31)16-20-5-10-23(24(15-20)39-4)41-17-26(36)34-11-13-40-14-12-34/h5-10,15-16,18,28H,11-14,17H2,1-4H3/b25-16+/t28-/m1/s1. The van der Waals surface area contributed by atoms with Crippen molar-refractivity contribution in [3.63, 3.8) is 0 Å². The Morgan fingerprint density at radius 1 is 1.14 bits per heavy atom. The fourth-order valence-corrected chi connectivity index (χ4v) is 6.08. The van der Waals surface area contributed by atoms with E-state index < -0.39 is 12.0 Å². The number of nitrogens with zero attached hydrogens (tertiary/aromatic N) is 3. The van der Waals surface area contributed by atoms with Crippen LogP contribution in [-0.4, -0.2) is 67.5 Å². The molecular formula is C31H32ClN3O7S. The minimum absolute atomic E-state index is 0.125. The van der Waals surface area contributed by atoms with Crippen LogP contribution >= 0.6 is 22.9 Å². The van der Waals surface area contributed by atoms with Crippen molar-refractivity contribution in [2.24, 2.45) is 4.99 Å². The Hall–Kier alpha value is -3.93. The molecule has 1 amide bonds. The normalized spacial score (nSPS) is 17.0. The number of carbonyl (C=O) groups excluding carboxylic acids is 2. The lowest BCUT2D eigenvalue weighted by Crippen LogP contribution is -2.43. The number of thiazole rings is 1. The molecule has 1 saturated heterocycles. The van der Waals surface area contributed by atoms with Crippen molar-refractivity contribution in [1.29, 1.82) is 0 Å². The molecule has 0 saturated carbocycles. The van der Waals surface area contributed by atoms with E-state index in [1.54, 1.807) is 74.2 Å². The van der Waals surface area contributed by atoms with Crippen LogP contribution in [-0.2, 0) is 19.1 Å². The van der Waals surface area contributed by atoms with Crippen LogP contribution in [0.4, 0.5) is 0 Å². The molecule has 0 unspecified atom stereocenters. The van der Waals surface area contributed by atoms with Crippen molar-refractivity contribution in [3.8, 4) is 11.5 Å². The van der Waals surface area contributed by atoms with E-state index in [4.69, 9.17) is 30.5 Å². The number of allylic oxidation sites excluding steroid dienone is 1. The topological polar surface area (TPSA) is 109 Å². The van der Waals surface area contributed by atoms with Crippen LogP contribution < -0.4 is 24.4 Å². The van der Waals surface area contributed by atoms with Crippen molar-refractivity contribution >= 4 is 40.9 Å². The van der Waals surface area contributed by atoms with Gasteiger partial charge in [0.2, 0.25) is 0 Å². The first-order valence-corrected chi connectivity index (χ1v) is 15.0. The number of esters is 1. The third kappa shape index (κ3) is 6.69. The summed E-state index contributed by atoms with van der Waals surface area (Å²) < 4.78 is 24.1. The molecule has 1 fully saturated rings. The van der Waals surface area contributed by atoms with E-state index in [2.05, 4.69) is 4.99 Å². The largest absolute Gasteiger partial charge is 0.493 e. The molecule has 5 rings (SSSR count). The maximum atomic E-state index is 13.9. The first kappa shape index (κ1) is 30.5. The molecule has 2 aliphatic rings. The Morgan fingerprint density at radius 3 is 2.53 bits per heavy atom. The molecule has 0 aliphatic carbocycles. The number of benzene rings is 2. The van der Waals surface area contributed by atoms with Gasteiger partial charge < -0.3 is 23.8 Å². The molecular weight excluding hydrogens is 594 g/mol. The highest BCUT2D eigenvalue weighted by Gasteiger charge is 2.33. The lowest BCUT2D eigenvalue weighted by atomic mass is 9.96. The molecule has 3 aromatic rings. The Bertz CT molecular complexity index is 1740. The molecule has 3 heterocycles. The number of morpholine rings is 1. The highest BCUT2D eigenvalue weighted by molar-refractivity contribution is 7.07. The highest BCUT2D eigenvalue weighted by atomic mass is 35.5. The maximum absolute atomic E-state index is 13.9. The molecule has 0 N–H and O–H groups in total. The van der Waals surface area contributed by atoms with Crippen molar-refractivity contribution in [2.75, 3.05) is 40.0 Å². The number of carbonyl (C=O) groups is 2. The highest BCUT2D eigenvalue weighted by Crippen LogP contribution is 2.32. The van der Waals surface area contributed by atoms with Crippen LogP contribution in [0.3, 0.4) is 0 Å². The average Bonchev–Trinajstić information content (AvgIpc) is 3.29. The molecule has 1 aromatic heterocycles. The Labute approximate surface area is 257 Å². The van der Waals surface area contributed by atoms with Crippen molar-refractivity contribution in [2.45, 2.75) is 32.9 Å². The summed E-state index contributed by atoms with van der Waals surface area (Å²) in [7, 11) is 1.51. The van der Waals surface area contributed by atoms with Gasteiger partial charge in [0.1, 0.15) is 0 Å². The monoisotopic (exact) mass is 625 g/mol. The fourth-order valence-electron chi connectivity index (χ4n) is 4.91. The molecule has 226 valence electrons. The van der Waals surface area contributed by atoms with Crippen LogP contribution in [0.15, 0.2) is 63.5 Å². The van der Waals surface area contributed by atoms with Gasteiger partial charge in [0.15, 0.2) is 22.9 Å². The zero-order valence-corrected chi connectivity index (χ0v) is 25.9. The van der Waals surface area contributed by atoms with Gasteiger partial charge in [0.25, 0.3) is 11.5 Å². The minimum atomic E-state index is -0.740. The van der Waals surface area contributed by atoms with E-state index in [9.17, 15) is 14.4 Å². The number of ether oxygens (including phenoxy) is 4. The molecule has 1 atom stereocenters. The summed E-state index contributed by atoms with van der Waals surface area (Å²) in [6.07, 6.45) is 1.39. The second kappa shape index (κ2) is 13.2. The molecule has 43 heavy (non-hydrogen) atoms. The van der Waals surface area contributed by atoms with E-state index in [0.29, 0.717) is 74.6 Å². The van der Waals surface area contributed by atoms with Gasteiger partial charge in [-0.15, -0.1) is 0 Å². The number of amides is 1. The smallest absolute Gasteiger partial charge is 0.338 e. The molecule has 2 aromatic carbocycles. The van der Waals surface area contributed by atoms with E-state index in [1.165, 1.54) is 23.0 Å². The number of aromatic nitrogens is 1. The molecule has 10 nitrogen and oxygen atoms in total. The molecule has 0 spiro atoms. The fraction of sp³-hybridized carbons (Fsp3) is 0.355. The van der Waals surface area contributed by atoms with Gasteiger partial charge in [0, 0.05) is 18.1 Å². The number of hydrogen-bond acceptors (Lipinski definition) is 9. The number of rotatable bonds is 8. The third-order valence-electron chi connectivity index (χ3n) is 6.97. The third-order valence-corrected chi connectivity index (χ3v) is 8.21. The summed E-state index contributed by atoms with van der Waals surface area (Å²) in [6.45, 7) is 7.25. The van der Waals surface area contributed by atoms with E-state index in [0.717, 1.165) is 0 Å². The first-order valence-electron chi connectivity index (χ1n) is 13.8. The predicted molar refractivity (Wildman–Crippen MR) is 162 cm³/mol. The summed E-state index contributed by atoms with van der Waals surface area (Å²) in [5, 5.41) is 0.537. The van der Waals surface area contributed by atoms with Crippen LogP contribution in [0.2, 0.25) is 5.02 Å². The van der Waals surface area contributed by atoms with Gasteiger partial charge >= 0.3 is 5.97 Å². The molecule has 0 bridgehead atoms. The van der Waals surface area contributed by atoms with Crippen LogP contribution in [0, 0.1) is 0 Å². The summed E-state index contributed by atoms with van der Waals surface area (Å²) in [6, 6.07) is 11.5. The van der Waals surface area contributed by atoms with Crippen molar-refractivity contribution in [1.82, 2.24) is 9.47 Å². The zero-order chi connectivity index (χ0) is 30.7. The van der Waals surface area contributed by atoms with E-state index in [1.807, 2.05) is 0 Å². The Kier molecular flexibility index (Phi) is 9.34. The number of fused-ring (bicyclic) bond motifs is 1. The van der Waals surface area contributed by atoms with Crippen LogP contribution in [0.5, 0.6) is 11.5 Å². The second-order valence-corrected chi connectivity index (χ2v) is 11.7. The predicted octanol–water partition coefficient (Wildman–Crippen LogP) is 3.09. The zero-order valence-electron chi connectivity index (χ0n) is 24.3. The number of hydrogen-bond donors (Lipinski definition) is 0. The van der Waals surface area contributed by atoms with Gasteiger partial charge in [-0.25, -0.2) is 9.79 Å². The minimum Gasteiger partial charge on any atom is -0.493 e. The summed E-state index contributed by atoms with van der Waals surface area (Å²) >= 11 is 7.36. The quantitative estimate of drug-likeness (QED) is 0.354. The van der Waals surface area contributed by atoms with E-state index in [-0.39, 0.29) is 24.2 Å². The average molecular weight is 626 g/mol. The van der Waals surface area contributed by atoms with Crippen LogP contribution in [0.25, 0.3) is 6.08 Å². The van der Waals surface area contributed by atoms with Gasteiger partial charge in [0.05, 0.1) is 48.3 Å². The van der Waals surface area contributed by atoms with Gasteiger partial charge in [-0.05, 0) is 62.2 Å². The van der Waals surface area contributed by atoms with E-state index >= 15 is 0 Å². The second-order valence-electron chi connectivity index (χ2n) is 10.3. The SMILES string of the molecule is COc1cc(/C=c2/sc3n(c2=O)[C@H](c2ccc(Cl)cc2)C(C(=O)OC(C)C)=C(C)N=3)ccc1OCC(=O)N1CCOCC1. The van der Waals surface area contributed by atoms with Gasteiger partial charge in [-0.2, -0.15) is 0 Å². The summed E-state index contributed by atoms with van der Waals surface area (Å²) in [5.74, 6) is 0.176. The van der Waals surface area contributed by atoms with Gasteiger partial charge in [-0.3, -0.25) is 14.2 Å². The lowest BCUT2D eigenvalue weighted by molar-refractivity contribution is -0.143. The number of halogens is 1. The molecule has 2 aliphatic heterocycles. The van der Waals surface area contributed by atoms with Crippen molar-refractivity contribution in [3.05, 3.63) is 89.6 Å². The lowest BCUT2D eigenvalue weighted by Gasteiger charge is -2.26. The maximum Gasteiger partial charge on any atom is 0.338 e. The molecule has 12 heteroatoms. The van der Waals surface area contributed by atoms with Gasteiger partial charge in [-0.1, -0.05) is 41.1 Å². The molecule has 0 radical (unpaired) electrons. The number of methoxy groups -OCH3 is 1. The Morgan fingerprint density at radius 2 is 1.86 bits per heavy atom. The summed E-state index contributed by atoms with van der Waals surface area (Å²) in [4.78, 5) is 46.4. The Balaban J connectivity index is 1.49.